The Balaban J connectivity index is 1.94. The van der Waals surface area contributed by atoms with Crippen LogP contribution in [-0.2, 0) is 13.0 Å². The molecule has 4 nitrogen and oxygen atoms in total. The molecule has 7 heteroatoms. The first-order valence-electron chi connectivity index (χ1n) is 8.27. The van der Waals surface area contributed by atoms with Gasteiger partial charge in [0.15, 0.2) is 5.13 Å². The molecule has 136 valence electrons. The third-order valence-corrected chi connectivity index (χ3v) is 4.92. The van der Waals surface area contributed by atoms with Crippen molar-refractivity contribution in [2.75, 3.05) is 5.32 Å². The van der Waals surface area contributed by atoms with Crippen molar-refractivity contribution >= 4 is 34.0 Å². The summed E-state index contributed by atoms with van der Waals surface area (Å²) >= 11 is 7.50. The SMILES string of the molecule is CC(C)Cc1cc(C(=O)Nc2nccs2)n(Cc2c(F)cccc2Cl)c1. The summed E-state index contributed by atoms with van der Waals surface area (Å²) in [6, 6.07) is 6.43. The molecule has 0 unspecified atom stereocenters. The highest BCUT2D eigenvalue weighted by Gasteiger charge is 2.18. The van der Waals surface area contributed by atoms with Gasteiger partial charge in [-0.2, -0.15) is 0 Å². The maximum Gasteiger partial charge on any atom is 0.274 e. The second-order valence-electron chi connectivity index (χ2n) is 6.45. The fourth-order valence-corrected chi connectivity index (χ4v) is 3.52. The van der Waals surface area contributed by atoms with E-state index >= 15 is 0 Å². The number of hydrogen-bond acceptors (Lipinski definition) is 3. The Bertz CT molecular complexity index is 885. The zero-order valence-corrected chi connectivity index (χ0v) is 16.1. The Morgan fingerprint density at radius 1 is 1.42 bits per heavy atom. The molecule has 1 aromatic carbocycles. The van der Waals surface area contributed by atoms with E-state index in [-0.39, 0.29) is 18.3 Å². The van der Waals surface area contributed by atoms with E-state index in [0.29, 0.717) is 27.3 Å². The summed E-state index contributed by atoms with van der Waals surface area (Å²) in [5.41, 5.74) is 1.84. The molecular weight excluding hydrogens is 373 g/mol. The number of amides is 1. The first-order valence-corrected chi connectivity index (χ1v) is 9.52. The number of halogens is 2. The van der Waals surface area contributed by atoms with Crippen molar-refractivity contribution in [3.05, 3.63) is 69.7 Å². The summed E-state index contributed by atoms with van der Waals surface area (Å²) < 4.78 is 15.9. The maximum atomic E-state index is 14.2. The number of rotatable bonds is 6. The predicted octanol–water partition coefficient (Wildman–Crippen LogP) is 5.24. The third kappa shape index (κ3) is 4.31. The van der Waals surface area contributed by atoms with Crippen LogP contribution in [0, 0.1) is 11.7 Å². The number of thiazole rings is 1. The molecule has 0 aliphatic rings. The minimum atomic E-state index is -0.386. The van der Waals surface area contributed by atoms with Crippen LogP contribution in [0.5, 0.6) is 0 Å². The molecule has 0 bridgehead atoms. The lowest BCUT2D eigenvalue weighted by Crippen LogP contribution is -2.17. The first-order chi connectivity index (χ1) is 12.4. The molecule has 2 aromatic heterocycles. The Kier molecular flexibility index (Phi) is 5.74. The average Bonchev–Trinajstić information content (AvgIpc) is 3.20. The van der Waals surface area contributed by atoms with Crippen LogP contribution in [0.2, 0.25) is 5.02 Å². The summed E-state index contributed by atoms with van der Waals surface area (Å²) in [6.45, 7) is 4.41. The molecule has 1 amide bonds. The molecule has 0 aliphatic heterocycles. The standard InChI is InChI=1S/C19H19ClFN3OS/c1-12(2)8-13-9-17(18(25)23-19-22-6-7-26-19)24(10-13)11-14-15(20)4-3-5-16(14)21/h3-7,9-10,12H,8,11H2,1-2H3,(H,22,23,25). The van der Waals surface area contributed by atoms with E-state index in [4.69, 9.17) is 11.6 Å². The summed E-state index contributed by atoms with van der Waals surface area (Å²) in [6.07, 6.45) is 4.34. The minimum absolute atomic E-state index is 0.185. The Labute approximate surface area is 160 Å². The lowest BCUT2D eigenvalue weighted by molar-refractivity contribution is 0.101. The van der Waals surface area contributed by atoms with Crippen LogP contribution in [0.1, 0.15) is 35.5 Å². The van der Waals surface area contributed by atoms with Crippen LogP contribution in [-0.4, -0.2) is 15.5 Å². The van der Waals surface area contributed by atoms with Crippen molar-refractivity contribution in [3.8, 4) is 0 Å². The number of nitrogens with one attached hydrogen (secondary N) is 1. The molecule has 0 spiro atoms. The number of aromatic nitrogens is 2. The topological polar surface area (TPSA) is 46.9 Å². The molecule has 0 saturated carbocycles. The van der Waals surface area contributed by atoms with E-state index in [1.807, 2.05) is 12.3 Å². The van der Waals surface area contributed by atoms with Crippen LogP contribution in [0.15, 0.2) is 42.0 Å². The highest BCUT2D eigenvalue weighted by molar-refractivity contribution is 7.13. The van der Waals surface area contributed by atoms with Gasteiger partial charge in [0, 0.05) is 28.4 Å². The van der Waals surface area contributed by atoms with E-state index in [2.05, 4.69) is 24.1 Å². The van der Waals surface area contributed by atoms with Gasteiger partial charge in [-0.25, -0.2) is 9.37 Å². The molecule has 0 fully saturated rings. The second kappa shape index (κ2) is 8.01. The number of carbonyl (C=O) groups is 1. The Hall–Kier alpha value is -2.18. The molecule has 3 rings (SSSR count). The molecule has 0 radical (unpaired) electrons. The molecule has 0 aliphatic carbocycles. The summed E-state index contributed by atoms with van der Waals surface area (Å²) in [7, 11) is 0. The van der Waals surface area contributed by atoms with Gasteiger partial charge in [-0.15, -0.1) is 11.3 Å². The summed E-state index contributed by atoms with van der Waals surface area (Å²) in [5, 5.41) is 5.44. The van der Waals surface area contributed by atoms with Crippen molar-refractivity contribution in [1.82, 2.24) is 9.55 Å². The fourth-order valence-electron chi connectivity index (χ4n) is 2.78. The second-order valence-corrected chi connectivity index (χ2v) is 7.75. The highest BCUT2D eigenvalue weighted by Crippen LogP contribution is 2.23. The molecular formula is C19H19ClFN3OS. The fraction of sp³-hybridized carbons (Fsp3) is 0.263. The van der Waals surface area contributed by atoms with Gasteiger partial charge in [0.2, 0.25) is 0 Å². The Morgan fingerprint density at radius 2 is 2.23 bits per heavy atom. The maximum absolute atomic E-state index is 14.2. The smallest absolute Gasteiger partial charge is 0.274 e. The van der Waals surface area contributed by atoms with Gasteiger partial charge in [-0.05, 0) is 36.1 Å². The van der Waals surface area contributed by atoms with Crippen LogP contribution in [0.4, 0.5) is 9.52 Å². The number of anilines is 1. The highest BCUT2D eigenvalue weighted by atomic mass is 35.5. The number of nitrogens with zero attached hydrogens (tertiary/aromatic N) is 2. The van der Waals surface area contributed by atoms with Gasteiger partial charge in [0.25, 0.3) is 5.91 Å². The summed E-state index contributed by atoms with van der Waals surface area (Å²) in [4.78, 5) is 16.8. The van der Waals surface area contributed by atoms with Gasteiger partial charge in [0.1, 0.15) is 11.5 Å². The van der Waals surface area contributed by atoms with Gasteiger partial charge in [0.05, 0.1) is 6.54 Å². The van der Waals surface area contributed by atoms with Gasteiger partial charge >= 0.3 is 0 Å². The van der Waals surface area contributed by atoms with Crippen LogP contribution in [0.25, 0.3) is 0 Å². The number of benzene rings is 1. The van der Waals surface area contributed by atoms with E-state index in [0.717, 1.165) is 12.0 Å². The molecule has 2 heterocycles. The molecule has 3 aromatic rings. The summed E-state index contributed by atoms with van der Waals surface area (Å²) in [5.74, 6) is -0.219. The van der Waals surface area contributed by atoms with E-state index in [1.165, 1.54) is 17.4 Å². The van der Waals surface area contributed by atoms with Crippen molar-refractivity contribution in [2.45, 2.75) is 26.8 Å². The third-order valence-electron chi connectivity index (χ3n) is 3.87. The zero-order valence-electron chi connectivity index (χ0n) is 14.5. The van der Waals surface area contributed by atoms with Crippen molar-refractivity contribution in [1.29, 1.82) is 0 Å². The van der Waals surface area contributed by atoms with Crippen LogP contribution < -0.4 is 5.32 Å². The van der Waals surface area contributed by atoms with Crippen LogP contribution in [0.3, 0.4) is 0 Å². The van der Waals surface area contributed by atoms with Crippen molar-refractivity contribution in [3.63, 3.8) is 0 Å². The monoisotopic (exact) mass is 391 g/mol. The average molecular weight is 392 g/mol. The molecule has 1 N–H and O–H groups in total. The molecule has 0 atom stereocenters. The van der Waals surface area contributed by atoms with E-state index in [9.17, 15) is 9.18 Å². The van der Waals surface area contributed by atoms with Crippen molar-refractivity contribution < 1.29 is 9.18 Å². The molecule has 26 heavy (non-hydrogen) atoms. The van der Waals surface area contributed by atoms with Gasteiger partial charge in [-0.1, -0.05) is 31.5 Å². The number of carbonyl (C=O) groups excluding carboxylic acids is 1. The lowest BCUT2D eigenvalue weighted by Gasteiger charge is -2.11. The zero-order chi connectivity index (χ0) is 18.7. The van der Waals surface area contributed by atoms with E-state index in [1.54, 1.807) is 28.3 Å². The minimum Gasteiger partial charge on any atom is -0.339 e. The normalized spacial score (nSPS) is 11.1. The quantitative estimate of drug-likeness (QED) is 0.624. The van der Waals surface area contributed by atoms with Crippen molar-refractivity contribution in [2.24, 2.45) is 5.92 Å². The molecule has 0 saturated heterocycles. The van der Waals surface area contributed by atoms with Crippen LogP contribution >= 0.6 is 22.9 Å². The largest absolute Gasteiger partial charge is 0.339 e. The Morgan fingerprint density at radius 3 is 2.88 bits per heavy atom. The first kappa shape index (κ1) is 18.6. The van der Waals surface area contributed by atoms with Gasteiger partial charge < -0.3 is 4.57 Å². The van der Waals surface area contributed by atoms with E-state index < -0.39 is 0 Å². The van der Waals surface area contributed by atoms with Gasteiger partial charge in [-0.3, -0.25) is 10.1 Å². The predicted molar refractivity (Wildman–Crippen MR) is 104 cm³/mol. The number of hydrogen-bond donors (Lipinski definition) is 1. The lowest BCUT2D eigenvalue weighted by atomic mass is 10.1.